The third-order valence-electron chi connectivity index (χ3n) is 2.34. The van der Waals surface area contributed by atoms with E-state index in [0.29, 0.717) is 25.4 Å². The largest absolute Gasteiger partial charge is 0.378 e. The Bertz CT molecular complexity index is 125. The monoisotopic (exact) mass is 217 g/mol. The van der Waals surface area contributed by atoms with E-state index < -0.39 is 0 Å². The summed E-state index contributed by atoms with van der Waals surface area (Å²) in [6, 6.07) is 0.639. The van der Waals surface area contributed by atoms with Gasteiger partial charge in [0.15, 0.2) is 0 Å². The molecule has 0 aromatic carbocycles. The van der Waals surface area contributed by atoms with Crippen molar-refractivity contribution in [3.63, 3.8) is 0 Å². The summed E-state index contributed by atoms with van der Waals surface area (Å²) in [4.78, 5) is 0. The van der Waals surface area contributed by atoms with Crippen LogP contribution in [0.3, 0.4) is 0 Å². The van der Waals surface area contributed by atoms with Crippen LogP contribution in [0.5, 0.6) is 0 Å². The molecule has 0 radical (unpaired) electrons. The average Bonchev–Trinajstić information content (AvgIpc) is 2.22. The minimum atomic E-state index is 0.302. The quantitative estimate of drug-likeness (QED) is 0.569. The van der Waals surface area contributed by atoms with Crippen molar-refractivity contribution in [3.05, 3.63) is 0 Å². The lowest BCUT2D eigenvalue weighted by Crippen LogP contribution is -2.31. The fourth-order valence-corrected chi connectivity index (χ4v) is 1.36. The van der Waals surface area contributed by atoms with Crippen LogP contribution in [0.25, 0.3) is 0 Å². The third kappa shape index (κ3) is 10.2. The minimum Gasteiger partial charge on any atom is -0.378 e. The van der Waals surface area contributed by atoms with Gasteiger partial charge < -0.3 is 14.8 Å². The maximum Gasteiger partial charge on any atom is 0.0703 e. The molecule has 0 aromatic heterocycles. The third-order valence-corrected chi connectivity index (χ3v) is 2.34. The van der Waals surface area contributed by atoms with E-state index in [4.69, 9.17) is 9.47 Å². The van der Waals surface area contributed by atoms with Crippen LogP contribution in [0.15, 0.2) is 0 Å². The van der Waals surface area contributed by atoms with Gasteiger partial charge in [-0.3, -0.25) is 0 Å². The lowest BCUT2D eigenvalue weighted by molar-refractivity contribution is 0.0200. The minimum absolute atomic E-state index is 0.302. The SMILES string of the molecule is CCC(CC)NCCOCCOC(C)C. The number of rotatable bonds is 10. The maximum absolute atomic E-state index is 5.44. The molecule has 0 amide bonds. The molecule has 0 spiro atoms. The van der Waals surface area contributed by atoms with Gasteiger partial charge >= 0.3 is 0 Å². The van der Waals surface area contributed by atoms with Gasteiger partial charge in [-0.2, -0.15) is 0 Å². The Hall–Kier alpha value is -0.120. The van der Waals surface area contributed by atoms with Crippen LogP contribution < -0.4 is 5.32 Å². The number of hydrogen-bond donors (Lipinski definition) is 1. The van der Waals surface area contributed by atoms with E-state index in [-0.39, 0.29) is 0 Å². The van der Waals surface area contributed by atoms with Crippen molar-refractivity contribution in [3.8, 4) is 0 Å². The summed E-state index contributed by atoms with van der Waals surface area (Å²) in [5.74, 6) is 0. The molecule has 0 aliphatic rings. The van der Waals surface area contributed by atoms with E-state index in [0.717, 1.165) is 13.2 Å². The smallest absolute Gasteiger partial charge is 0.0703 e. The first kappa shape index (κ1) is 14.9. The van der Waals surface area contributed by atoms with Crippen LogP contribution >= 0.6 is 0 Å². The zero-order valence-corrected chi connectivity index (χ0v) is 10.7. The van der Waals surface area contributed by atoms with Gasteiger partial charge in [-0.25, -0.2) is 0 Å². The summed E-state index contributed by atoms with van der Waals surface area (Å²) in [5, 5.41) is 3.45. The summed E-state index contributed by atoms with van der Waals surface area (Å²) in [6.45, 7) is 11.6. The first-order valence-corrected chi connectivity index (χ1v) is 6.13. The molecule has 0 fully saturated rings. The zero-order valence-electron chi connectivity index (χ0n) is 10.7. The van der Waals surface area contributed by atoms with Gasteiger partial charge in [-0.15, -0.1) is 0 Å². The molecule has 0 aromatic rings. The highest BCUT2D eigenvalue weighted by Gasteiger charge is 2.00. The molecule has 0 atom stereocenters. The van der Waals surface area contributed by atoms with E-state index in [2.05, 4.69) is 19.2 Å². The van der Waals surface area contributed by atoms with E-state index in [1.165, 1.54) is 12.8 Å². The van der Waals surface area contributed by atoms with Crippen LogP contribution in [-0.4, -0.2) is 38.5 Å². The van der Waals surface area contributed by atoms with Crippen molar-refractivity contribution in [2.24, 2.45) is 0 Å². The molecule has 0 heterocycles. The van der Waals surface area contributed by atoms with Gasteiger partial charge in [0, 0.05) is 12.6 Å². The van der Waals surface area contributed by atoms with Crippen molar-refractivity contribution in [2.75, 3.05) is 26.4 Å². The zero-order chi connectivity index (χ0) is 11.5. The van der Waals surface area contributed by atoms with Crippen molar-refractivity contribution in [2.45, 2.75) is 52.7 Å². The molecule has 0 aliphatic carbocycles. The molecule has 0 aliphatic heterocycles. The first-order chi connectivity index (χ1) is 7.20. The Kier molecular flexibility index (Phi) is 10.3. The highest BCUT2D eigenvalue weighted by atomic mass is 16.5. The normalized spacial score (nSPS) is 11.6. The molecule has 92 valence electrons. The molecule has 0 bridgehead atoms. The molecule has 15 heavy (non-hydrogen) atoms. The van der Waals surface area contributed by atoms with Crippen molar-refractivity contribution in [1.29, 1.82) is 0 Å². The standard InChI is InChI=1S/C12H27NO2/c1-5-12(6-2)13-7-8-14-9-10-15-11(3)4/h11-13H,5-10H2,1-4H3. The van der Waals surface area contributed by atoms with E-state index in [1.807, 2.05) is 13.8 Å². The van der Waals surface area contributed by atoms with Gasteiger partial charge in [0.05, 0.1) is 25.9 Å². The van der Waals surface area contributed by atoms with Gasteiger partial charge in [-0.1, -0.05) is 13.8 Å². The molecule has 3 nitrogen and oxygen atoms in total. The Labute approximate surface area is 94.5 Å². The second-order valence-corrected chi connectivity index (χ2v) is 4.00. The fourth-order valence-electron chi connectivity index (χ4n) is 1.36. The second-order valence-electron chi connectivity index (χ2n) is 4.00. The number of hydrogen-bond acceptors (Lipinski definition) is 3. The summed E-state index contributed by atoms with van der Waals surface area (Å²) in [5.41, 5.74) is 0. The van der Waals surface area contributed by atoms with Gasteiger partial charge in [0.2, 0.25) is 0 Å². The summed E-state index contributed by atoms with van der Waals surface area (Å²) < 4.78 is 10.8. The lowest BCUT2D eigenvalue weighted by atomic mass is 10.2. The highest BCUT2D eigenvalue weighted by molar-refractivity contribution is 4.61. The second kappa shape index (κ2) is 10.4. The molecule has 0 saturated heterocycles. The number of ether oxygens (including phenoxy) is 2. The van der Waals surface area contributed by atoms with Crippen LogP contribution in [-0.2, 0) is 9.47 Å². The number of nitrogens with one attached hydrogen (secondary N) is 1. The van der Waals surface area contributed by atoms with E-state index >= 15 is 0 Å². The predicted molar refractivity (Wildman–Crippen MR) is 64.3 cm³/mol. The Morgan fingerprint density at radius 1 is 1.00 bits per heavy atom. The molecular weight excluding hydrogens is 190 g/mol. The first-order valence-electron chi connectivity index (χ1n) is 6.13. The average molecular weight is 217 g/mol. The van der Waals surface area contributed by atoms with Crippen LogP contribution in [0.1, 0.15) is 40.5 Å². The van der Waals surface area contributed by atoms with Crippen molar-refractivity contribution >= 4 is 0 Å². The van der Waals surface area contributed by atoms with Crippen LogP contribution in [0.4, 0.5) is 0 Å². The Balaban J connectivity index is 3.10. The van der Waals surface area contributed by atoms with Crippen molar-refractivity contribution < 1.29 is 9.47 Å². The molecule has 0 unspecified atom stereocenters. The molecule has 0 rings (SSSR count). The van der Waals surface area contributed by atoms with E-state index in [1.54, 1.807) is 0 Å². The fraction of sp³-hybridized carbons (Fsp3) is 1.00. The van der Waals surface area contributed by atoms with Crippen molar-refractivity contribution in [1.82, 2.24) is 5.32 Å². The molecule has 0 saturated carbocycles. The topological polar surface area (TPSA) is 30.5 Å². The maximum atomic E-state index is 5.44. The molecular formula is C12H27NO2. The Morgan fingerprint density at radius 2 is 1.67 bits per heavy atom. The van der Waals surface area contributed by atoms with E-state index in [9.17, 15) is 0 Å². The van der Waals surface area contributed by atoms with Gasteiger partial charge in [0.1, 0.15) is 0 Å². The van der Waals surface area contributed by atoms with Gasteiger partial charge in [0.25, 0.3) is 0 Å². The van der Waals surface area contributed by atoms with Crippen LogP contribution in [0.2, 0.25) is 0 Å². The summed E-state index contributed by atoms with van der Waals surface area (Å²) in [7, 11) is 0. The lowest BCUT2D eigenvalue weighted by Gasteiger charge is -2.14. The molecule has 3 heteroatoms. The van der Waals surface area contributed by atoms with Gasteiger partial charge in [-0.05, 0) is 26.7 Å². The predicted octanol–water partition coefficient (Wildman–Crippen LogP) is 2.21. The molecule has 1 N–H and O–H groups in total. The summed E-state index contributed by atoms with van der Waals surface area (Å²) >= 11 is 0. The highest BCUT2D eigenvalue weighted by Crippen LogP contribution is 1.94. The Morgan fingerprint density at radius 3 is 2.20 bits per heavy atom. The van der Waals surface area contributed by atoms with Crippen LogP contribution in [0, 0.1) is 0 Å². The summed E-state index contributed by atoms with van der Waals surface area (Å²) in [6.07, 6.45) is 2.68.